The second-order valence-electron chi connectivity index (χ2n) is 17.8. The minimum Gasteiger partial charge on any atom is -0.456 e. The van der Waals surface area contributed by atoms with E-state index in [4.69, 9.17) is 4.42 Å². The average Bonchev–Trinajstić information content (AvgIpc) is 3.87. The van der Waals surface area contributed by atoms with E-state index in [1.807, 2.05) is 17.4 Å². The standard InChI is InChI=1S/C52H43NOS/c1-50(2,3)30-19-26-46-38(27-30)37-24-25-41-48(49(37)55-46)47-40(52(41,6)7)16-12-17-43(47)53(32-21-23-36-35-14-9-11-18-44(35)54-45(36)29-32)31-20-22-34-33-13-8-10-15-39(33)51(4,5)42(34)28-31/h8-29H,1-7H3. The van der Waals surface area contributed by atoms with Gasteiger partial charge in [-0.2, -0.15) is 0 Å². The second-order valence-corrected chi connectivity index (χ2v) is 18.8. The van der Waals surface area contributed by atoms with Crippen LogP contribution in [-0.2, 0) is 16.2 Å². The summed E-state index contributed by atoms with van der Waals surface area (Å²) >= 11 is 1.94. The van der Waals surface area contributed by atoms with Crippen molar-refractivity contribution in [3.63, 3.8) is 0 Å². The monoisotopic (exact) mass is 729 g/mol. The number of thiophene rings is 1. The highest BCUT2D eigenvalue weighted by atomic mass is 32.1. The van der Waals surface area contributed by atoms with Crippen LogP contribution >= 0.6 is 11.3 Å². The molecule has 55 heavy (non-hydrogen) atoms. The summed E-state index contributed by atoms with van der Waals surface area (Å²) in [6.45, 7) is 16.5. The first-order chi connectivity index (χ1) is 26.4. The lowest BCUT2D eigenvalue weighted by molar-refractivity contribution is 0.591. The lowest BCUT2D eigenvalue weighted by Crippen LogP contribution is -2.17. The van der Waals surface area contributed by atoms with Gasteiger partial charge in [-0.1, -0.05) is 127 Å². The van der Waals surface area contributed by atoms with Gasteiger partial charge < -0.3 is 9.32 Å². The molecule has 0 saturated carbocycles. The number of fused-ring (bicyclic) bond motifs is 13. The predicted molar refractivity (Wildman–Crippen MR) is 235 cm³/mol. The van der Waals surface area contributed by atoms with Crippen molar-refractivity contribution in [1.82, 2.24) is 0 Å². The summed E-state index contributed by atoms with van der Waals surface area (Å²) < 4.78 is 9.26. The molecule has 9 aromatic rings. The SMILES string of the molecule is CC(C)(C)c1ccc2sc3c4c(ccc3c2c1)C(C)(C)c1cccc(N(c2ccc3c(c2)C(C)(C)c2ccccc2-3)c2ccc3c(c2)oc2ccccc23)c1-4. The number of furan rings is 1. The molecule has 0 saturated heterocycles. The highest BCUT2D eigenvalue weighted by molar-refractivity contribution is 7.26. The molecule has 2 aliphatic carbocycles. The van der Waals surface area contributed by atoms with E-state index in [9.17, 15) is 0 Å². The summed E-state index contributed by atoms with van der Waals surface area (Å²) in [4.78, 5) is 2.50. The minimum absolute atomic E-state index is 0.0776. The smallest absolute Gasteiger partial charge is 0.137 e. The number of anilines is 3. The average molecular weight is 730 g/mol. The van der Waals surface area contributed by atoms with Crippen LogP contribution in [0.15, 0.2) is 138 Å². The first-order valence-corrected chi connectivity index (χ1v) is 20.3. The number of para-hydroxylation sites is 1. The summed E-state index contributed by atoms with van der Waals surface area (Å²) in [5, 5.41) is 4.98. The van der Waals surface area contributed by atoms with Gasteiger partial charge in [0, 0.05) is 70.3 Å². The molecule has 11 rings (SSSR count). The Morgan fingerprint density at radius 3 is 2.04 bits per heavy atom. The fourth-order valence-corrected chi connectivity index (χ4v) is 11.1. The third-order valence-electron chi connectivity index (χ3n) is 12.8. The van der Waals surface area contributed by atoms with Gasteiger partial charge in [-0.3, -0.25) is 0 Å². The molecule has 268 valence electrons. The van der Waals surface area contributed by atoms with E-state index in [-0.39, 0.29) is 16.2 Å². The van der Waals surface area contributed by atoms with E-state index in [0.717, 1.165) is 33.3 Å². The van der Waals surface area contributed by atoms with Crippen molar-refractivity contribution >= 4 is 70.5 Å². The zero-order chi connectivity index (χ0) is 37.6. The number of benzene rings is 7. The molecule has 7 aromatic carbocycles. The van der Waals surface area contributed by atoms with Gasteiger partial charge in [0.1, 0.15) is 11.2 Å². The van der Waals surface area contributed by atoms with Gasteiger partial charge in [-0.15, -0.1) is 11.3 Å². The topological polar surface area (TPSA) is 16.4 Å². The second kappa shape index (κ2) is 11.0. The van der Waals surface area contributed by atoms with Gasteiger partial charge in [-0.25, -0.2) is 0 Å². The lowest BCUT2D eigenvalue weighted by atomic mass is 9.82. The molecule has 2 aromatic heterocycles. The van der Waals surface area contributed by atoms with Crippen LogP contribution in [-0.4, -0.2) is 0 Å². The maximum absolute atomic E-state index is 6.55. The van der Waals surface area contributed by atoms with Crippen LogP contribution in [0.4, 0.5) is 17.1 Å². The minimum atomic E-state index is -0.169. The lowest BCUT2D eigenvalue weighted by Gasteiger charge is -2.30. The number of hydrogen-bond acceptors (Lipinski definition) is 3. The summed E-state index contributed by atoms with van der Waals surface area (Å²) in [6.07, 6.45) is 0. The zero-order valence-corrected chi connectivity index (χ0v) is 33.3. The summed E-state index contributed by atoms with van der Waals surface area (Å²) in [6, 6.07) is 50.0. The Balaban J connectivity index is 1.20. The van der Waals surface area contributed by atoms with Crippen molar-refractivity contribution in [2.75, 3.05) is 4.90 Å². The molecule has 0 fully saturated rings. The Labute approximate surface area is 326 Å². The first-order valence-electron chi connectivity index (χ1n) is 19.5. The van der Waals surface area contributed by atoms with Gasteiger partial charge in [0.25, 0.3) is 0 Å². The normalized spacial score (nSPS) is 15.1. The maximum atomic E-state index is 6.55. The number of hydrogen-bond donors (Lipinski definition) is 0. The van der Waals surface area contributed by atoms with E-state index in [1.54, 1.807) is 0 Å². The Kier molecular flexibility index (Phi) is 6.54. The predicted octanol–water partition coefficient (Wildman–Crippen LogP) is 15.3. The van der Waals surface area contributed by atoms with Crippen LogP contribution < -0.4 is 4.90 Å². The molecule has 0 bridgehead atoms. The molecule has 2 heterocycles. The van der Waals surface area contributed by atoms with Gasteiger partial charge in [0.2, 0.25) is 0 Å². The molecule has 0 atom stereocenters. The maximum Gasteiger partial charge on any atom is 0.137 e. The quantitative estimate of drug-likeness (QED) is 0.180. The highest BCUT2D eigenvalue weighted by Crippen LogP contribution is 2.59. The fraction of sp³-hybridized carbons (Fsp3) is 0.192. The van der Waals surface area contributed by atoms with Crippen LogP contribution in [0.25, 0.3) is 64.4 Å². The third-order valence-corrected chi connectivity index (χ3v) is 14.0. The Morgan fingerprint density at radius 1 is 0.509 bits per heavy atom. The molecular formula is C52H43NOS. The van der Waals surface area contributed by atoms with Crippen molar-refractivity contribution in [3.05, 3.63) is 161 Å². The van der Waals surface area contributed by atoms with Crippen molar-refractivity contribution < 1.29 is 4.42 Å². The van der Waals surface area contributed by atoms with Gasteiger partial charge >= 0.3 is 0 Å². The fourth-order valence-electron chi connectivity index (χ4n) is 9.84. The number of rotatable bonds is 3. The van der Waals surface area contributed by atoms with E-state index >= 15 is 0 Å². The molecule has 2 nitrogen and oxygen atoms in total. The van der Waals surface area contributed by atoms with E-state index in [2.05, 4.69) is 181 Å². The van der Waals surface area contributed by atoms with Crippen LogP contribution in [0.2, 0.25) is 0 Å². The number of nitrogens with zero attached hydrogens (tertiary/aromatic N) is 1. The Morgan fingerprint density at radius 2 is 1.18 bits per heavy atom. The largest absolute Gasteiger partial charge is 0.456 e. The molecule has 0 aliphatic heterocycles. The summed E-state index contributed by atoms with van der Waals surface area (Å²) in [5.74, 6) is 0. The van der Waals surface area contributed by atoms with Crippen molar-refractivity contribution in [1.29, 1.82) is 0 Å². The van der Waals surface area contributed by atoms with Crippen LogP contribution in [0, 0.1) is 0 Å². The van der Waals surface area contributed by atoms with Gasteiger partial charge in [0.05, 0.1) is 5.69 Å². The zero-order valence-electron chi connectivity index (χ0n) is 32.5. The van der Waals surface area contributed by atoms with E-state index < -0.39 is 0 Å². The van der Waals surface area contributed by atoms with Gasteiger partial charge in [-0.05, 0) is 92.9 Å². The molecule has 2 aliphatic rings. The molecule has 0 amide bonds. The molecule has 3 heteroatoms. The Hall–Kier alpha value is -5.64. The molecule has 0 spiro atoms. The molecule has 0 radical (unpaired) electrons. The summed E-state index contributed by atoms with van der Waals surface area (Å²) in [7, 11) is 0. The van der Waals surface area contributed by atoms with Crippen molar-refractivity contribution in [2.24, 2.45) is 0 Å². The third kappa shape index (κ3) is 4.48. The molecule has 0 N–H and O–H groups in total. The Bertz CT molecular complexity index is 3090. The summed E-state index contributed by atoms with van der Waals surface area (Å²) in [5.41, 5.74) is 17.2. The van der Waals surface area contributed by atoms with E-state index in [1.165, 1.54) is 75.9 Å². The highest BCUT2D eigenvalue weighted by Gasteiger charge is 2.41. The van der Waals surface area contributed by atoms with Crippen LogP contribution in [0.1, 0.15) is 76.3 Å². The first kappa shape index (κ1) is 32.8. The van der Waals surface area contributed by atoms with Crippen molar-refractivity contribution in [3.8, 4) is 22.3 Å². The van der Waals surface area contributed by atoms with E-state index in [0.29, 0.717) is 0 Å². The molecule has 0 unspecified atom stereocenters. The molecular weight excluding hydrogens is 687 g/mol. The van der Waals surface area contributed by atoms with Crippen molar-refractivity contribution in [2.45, 2.75) is 64.7 Å². The van der Waals surface area contributed by atoms with Crippen LogP contribution in [0.5, 0.6) is 0 Å². The van der Waals surface area contributed by atoms with Crippen LogP contribution in [0.3, 0.4) is 0 Å². The van der Waals surface area contributed by atoms with Gasteiger partial charge in [0.15, 0.2) is 0 Å².